The second kappa shape index (κ2) is 6.49. The fourth-order valence-corrected chi connectivity index (χ4v) is 2.53. The summed E-state index contributed by atoms with van der Waals surface area (Å²) in [4.78, 5) is 2.67. The lowest BCUT2D eigenvalue weighted by Crippen LogP contribution is -2.44. The smallest absolute Gasteiger partial charge is 0.0478 e. The highest BCUT2D eigenvalue weighted by Crippen LogP contribution is 2.20. The van der Waals surface area contributed by atoms with Crippen molar-refractivity contribution in [3.8, 4) is 0 Å². The predicted molar refractivity (Wildman–Crippen MR) is 65.1 cm³/mol. The number of hydrogen-bond donors (Lipinski definition) is 0. The highest BCUT2D eigenvalue weighted by molar-refractivity contribution is 4.78. The Balaban J connectivity index is 2.63. The second-order valence-corrected chi connectivity index (χ2v) is 5.25. The quantitative estimate of drug-likeness (QED) is 0.699. The van der Waals surface area contributed by atoms with Crippen LogP contribution in [0, 0.1) is 5.92 Å². The molecule has 1 heterocycles. The van der Waals surface area contributed by atoms with Crippen molar-refractivity contribution in [3.63, 3.8) is 0 Å². The van der Waals surface area contributed by atoms with Gasteiger partial charge in [-0.05, 0) is 39.0 Å². The van der Waals surface area contributed by atoms with E-state index in [1.807, 2.05) is 0 Å². The molecule has 15 heavy (non-hydrogen) atoms. The van der Waals surface area contributed by atoms with Gasteiger partial charge in [0.15, 0.2) is 0 Å². The van der Waals surface area contributed by atoms with Gasteiger partial charge in [0, 0.05) is 31.8 Å². The first kappa shape index (κ1) is 13.0. The highest BCUT2D eigenvalue weighted by atomic mass is 16.5. The van der Waals surface area contributed by atoms with E-state index in [1.54, 1.807) is 0 Å². The zero-order chi connectivity index (χ0) is 11.3. The van der Waals surface area contributed by atoms with Gasteiger partial charge in [-0.25, -0.2) is 0 Å². The molecule has 0 saturated carbocycles. The molecule has 1 aliphatic heterocycles. The van der Waals surface area contributed by atoms with Crippen LogP contribution in [-0.2, 0) is 4.74 Å². The minimum absolute atomic E-state index is 0.662. The van der Waals surface area contributed by atoms with Crippen molar-refractivity contribution in [2.45, 2.75) is 59.0 Å². The molecule has 0 radical (unpaired) electrons. The van der Waals surface area contributed by atoms with Gasteiger partial charge in [0.05, 0.1) is 0 Å². The number of hydrogen-bond acceptors (Lipinski definition) is 2. The molecular formula is C13H27NO. The van der Waals surface area contributed by atoms with Crippen LogP contribution in [0.5, 0.6) is 0 Å². The molecule has 2 nitrogen and oxygen atoms in total. The zero-order valence-corrected chi connectivity index (χ0v) is 10.8. The number of rotatable bonds is 2. The standard InChI is InChI=1S/C13H27NO/c1-11(2)13-7-5-9-15-10-6-8-14(13)12(3)4/h11-13H,5-10H2,1-4H3/t13-/m1/s1. The van der Waals surface area contributed by atoms with Gasteiger partial charge in [-0.2, -0.15) is 0 Å². The predicted octanol–water partition coefficient (Wildman–Crippen LogP) is 2.92. The molecule has 0 aromatic heterocycles. The maximum atomic E-state index is 5.58. The molecule has 0 spiro atoms. The summed E-state index contributed by atoms with van der Waals surface area (Å²) in [5.74, 6) is 0.755. The van der Waals surface area contributed by atoms with Crippen molar-refractivity contribution in [3.05, 3.63) is 0 Å². The Bertz CT molecular complexity index is 150. The van der Waals surface area contributed by atoms with Crippen LogP contribution in [0.4, 0.5) is 0 Å². The molecule has 0 amide bonds. The molecule has 1 aliphatic rings. The van der Waals surface area contributed by atoms with E-state index in [2.05, 4.69) is 32.6 Å². The van der Waals surface area contributed by atoms with Gasteiger partial charge in [0.1, 0.15) is 0 Å². The van der Waals surface area contributed by atoms with Crippen LogP contribution in [0.1, 0.15) is 47.0 Å². The van der Waals surface area contributed by atoms with Gasteiger partial charge in [0.2, 0.25) is 0 Å². The summed E-state index contributed by atoms with van der Waals surface area (Å²) < 4.78 is 5.58. The van der Waals surface area contributed by atoms with Gasteiger partial charge in [0.25, 0.3) is 0 Å². The lowest BCUT2D eigenvalue weighted by molar-refractivity contribution is 0.108. The molecule has 1 fully saturated rings. The molecule has 0 unspecified atom stereocenters. The summed E-state index contributed by atoms with van der Waals surface area (Å²) in [6, 6.07) is 1.40. The zero-order valence-electron chi connectivity index (χ0n) is 10.8. The van der Waals surface area contributed by atoms with E-state index >= 15 is 0 Å². The molecule has 0 aromatic rings. The van der Waals surface area contributed by atoms with Gasteiger partial charge >= 0.3 is 0 Å². The maximum Gasteiger partial charge on any atom is 0.0478 e. The molecule has 1 atom stereocenters. The van der Waals surface area contributed by atoms with Crippen LogP contribution >= 0.6 is 0 Å². The minimum Gasteiger partial charge on any atom is -0.381 e. The Kier molecular flexibility index (Phi) is 5.62. The monoisotopic (exact) mass is 213 g/mol. The molecule has 2 heteroatoms. The first-order chi connectivity index (χ1) is 7.13. The van der Waals surface area contributed by atoms with Crippen molar-refractivity contribution < 1.29 is 4.74 Å². The van der Waals surface area contributed by atoms with E-state index in [-0.39, 0.29) is 0 Å². The first-order valence-electron chi connectivity index (χ1n) is 6.46. The SMILES string of the molecule is CC(C)[C@H]1CCCOCCCN1C(C)C. The molecule has 0 aliphatic carbocycles. The van der Waals surface area contributed by atoms with Gasteiger partial charge < -0.3 is 4.74 Å². The van der Waals surface area contributed by atoms with E-state index in [4.69, 9.17) is 4.74 Å². The fourth-order valence-electron chi connectivity index (χ4n) is 2.53. The minimum atomic E-state index is 0.662. The second-order valence-electron chi connectivity index (χ2n) is 5.25. The van der Waals surface area contributed by atoms with E-state index in [1.165, 1.54) is 25.8 Å². The van der Waals surface area contributed by atoms with Gasteiger partial charge in [-0.3, -0.25) is 4.90 Å². The molecule has 0 aromatic carbocycles. The topological polar surface area (TPSA) is 12.5 Å². The molecule has 1 saturated heterocycles. The van der Waals surface area contributed by atoms with Crippen LogP contribution in [0.15, 0.2) is 0 Å². The Labute approximate surface area is 95.0 Å². The van der Waals surface area contributed by atoms with E-state index in [0.717, 1.165) is 25.2 Å². The third-order valence-corrected chi connectivity index (χ3v) is 3.35. The lowest BCUT2D eigenvalue weighted by atomic mass is 9.96. The molecule has 0 N–H and O–H groups in total. The van der Waals surface area contributed by atoms with Crippen LogP contribution in [0.2, 0.25) is 0 Å². The van der Waals surface area contributed by atoms with E-state index in [0.29, 0.717) is 6.04 Å². The van der Waals surface area contributed by atoms with Crippen LogP contribution in [0.3, 0.4) is 0 Å². The van der Waals surface area contributed by atoms with Crippen LogP contribution in [-0.4, -0.2) is 36.7 Å². The van der Waals surface area contributed by atoms with Gasteiger partial charge in [-0.15, -0.1) is 0 Å². The number of ether oxygens (including phenoxy) is 1. The third kappa shape index (κ3) is 4.12. The van der Waals surface area contributed by atoms with E-state index in [9.17, 15) is 0 Å². The molecule has 1 rings (SSSR count). The Hall–Kier alpha value is -0.0800. The first-order valence-corrected chi connectivity index (χ1v) is 6.46. The Morgan fingerprint density at radius 3 is 2.33 bits per heavy atom. The Morgan fingerprint density at radius 2 is 1.73 bits per heavy atom. The normalized spacial score (nSPS) is 26.4. The summed E-state index contributed by atoms with van der Waals surface area (Å²) in [6.45, 7) is 12.4. The van der Waals surface area contributed by atoms with Crippen molar-refractivity contribution in [1.29, 1.82) is 0 Å². The average molecular weight is 213 g/mol. The van der Waals surface area contributed by atoms with Crippen LogP contribution in [0.25, 0.3) is 0 Å². The van der Waals surface area contributed by atoms with Crippen molar-refractivity contribution in [2.75, 3.05) is 19.8 Å². The molecule has 0 bridgehead atoms. The largest absolute Gasteiger partial charge is 0.381 e. The summed E-state index contributed by atoms with van der Waals surface area (Å²) in [7, 11) is 0. The van der Waals surface area contributed by atoms with Crippen LogP contribution < -0.4 is 0 Å². The number of nitrogens with zero attached hydrogens (tertiary/aromatic N) is 1. The van der Waals surface area contributed by atoms with Crippen molar-refractivity contribution in [2.24, 2.45) is 5.92 Å². The van der Waals surface area contributed by atoms with E-state index < -0.39 is 0 Å². The van der Waals surface area contributed by atoms with Crippen molar-refractivity contribution in [1.82, 2.24) is 4.90 Å². The lowest BCUT2D eigenvalue weighted by Gasteiger charge is -2.37. The highest BCUT2D eigenvalue weighted by Gasteiger charge is 2.24. The fraction of sp³-hybridized carbons (Fsp3) is 1.00. The third-order valence-electron chi connectivity index (χ3n) is 3.35. The summed E-state index contributed by atoms with van der Waals surface area (Å²) in [5.41, 5.74) is 0. The molecule has 90 valence electrons. The van der Waals surface area contributed by atoms with Gasteiger partial charge in [-0.1, -0.05) is 13.8 Å². The molecular weight excluding hydrogens is 186 g/mol. The summed E-state index contributed by atoms with van der Waals surface area (Å²) in [6.07, 6.45) is 3.68. The van der Waals surface area contributed by atoms with Crippen molar-refractivity contribution >= 4 is 0 Å². The average Bonchev–Trinajstić information content (AvgIpc) is 2.27. The summed E-state index contributed by atoms with van der Waals surface area (Å²) in [5, 5.41) is 0. The Morgan fingerprint density at radius 1 is 1.07 bits per heavy atom. The maximum absolute atomic E-state index is 5.58. The summed E-state index contributed by atoms with van der Waals surface area (Å²) >= 11 is 0.